The largest absolute Gasteiger partial charge is 0.336 e. The topological polar surface area (TPSA) is 54.5 Å². The number of hydrogen-bond acceptors (Lipinski definition) is 3. The molecule has 1 aliphatic rings. The Balaban J connectivity index is 2.01. The zero-order valence-corrected chi connectivity index (χ0v) is 12.4. The molecule has 1 aromatic carbocycles. The fraction of sp³-hybridized carbons (Fsp3) is 0.417. The molecule has 1 heterocycles. The van der Waals surface area contributed by atoms with Gasteiger partial charge < -0.3 is 4.90 Å². The number of benzene rings is 1. The molecular weight excluding hydrogens is 318 g/mol. The molecular formula is C12H14BrNO3S. The lowest BCUT2D eigenvalue weighted by atomic mass is 10.1. The molecule has 18 heavy (non-hydrogen) atoms. The van der Waals surface area contributed by atoms with Crippen LogP contribution in [0.15, 0.2) is 28.7 Å². The second kappa shape index (κ2) is 5.01. The lowest BCUT2D eigenvalue weighted by Gasteiger charge is -2.38. The Kier molecular flexibility index (Phi) is 3.77. The summed E-state index contributed by atoms with van der Waals surface area (Å²) in [5.74, 6) is 0.0305. The van der Waals surface area contributed by atoms with E-state index in [0.29, 0.717) is 18.7 Å². The minimum absolute atomic E-state index is 0.106. The zero-order valence-electron chi connectivity index (χ0n) is 9.97. The van der Waals surface area contributed by atoms with Gasteiger partial charge in [0.25, 0.3) is 5.91 Å². The van der Waals surface area contributed by atoms with E-state index in [1.165, 1.54) is 0 Å². The molecule has 1 fully saturated rings. The summed E-state index contributed by atoms with van der Waals surface area (Å²) in [7, 11) is -3.02. The third-order valence-electron chi connectivity index (χ3n) is 3.14. The van der Waals surface area contributed by atoms with Crippen LogP contribution >= 0.6 is 15.9 Å². The molecule has 0 spiro atoms. The molecule has 0 saturated carbocycles. The Morgan fingerprint density at radius 2 is 1.89 bits per heavy atom. The van der Waals surface area contributed by atoms with Gasteiger partial charge in [0.15, 0.2) is 9.84 Å². The van der Waals surface area contributed by atoms with Crippen molar-refractivity contribution in [1.82, 2.24) is 4.90 Å². The van der Waals surface area contributed by atoms with Crippen LogP contribution in [0.4, 0.5) is 0 Å². The van der Waals surface area contributed by atoms with Crippen molar-refractivity contribution >= 4 is 31.7 Å². The summed E-state index contributed by atoms with van der Waals surface area (Å²) in [6.07, 6.45) is 0. The molecule has 1 aromatic rings. The van der Waals surface area contributed by atoms with E-state index in [9.17, 15) is 13.2 Å². The monoisotopic (exact) mass is 331 g/mol. The van der Waals surface area contributed by atoms with Gasteiger partial charge in [0.2, 0.25) is 0 Å². The maximum atomic E-state index is 12.0. The van der Waals surface area contributed by atoms with E-state index >= 15 is 0 Å². The van der Waals surface area contributed by atoms with Gasteiger partial charge in [0.05, 0.1) is 5.25 Å². The minimum atomic E-state index is -3.02. The standard InChI is InChI=1S/C12H14BrNO3S/c1-2-18(16,17)11-7-14(8-11)12(15)9-3-5-10(13)6-4-9/h3-6,11H,2,7-8H2,1H3. The molecule has 1 saturated heterocycles. The van der Waals surface area contributed by atoms with E-state index in [1.54, 1.807) is 36.1 Å². The highest BCUT2D eigenvalue weighted by Crippen LogP contribution is 2.20. The molecule has 6 heteroatoms. The zero-order chi connectivity index (χ0) is 13.3. The predicted molar refractivity (Wildman–Crippen MR) is 73.3 cm³/mol. The van der Waals surface area contributed by atoms with Crippen LogP contribution in [-0.4, -0.2) is 43.3 Å². The van der Waals surface area contributed by atoms with Crippen molar-refractivity contribution in [2.45, 2.75) is 12.2 Å². The second-order valence-corrected chi connectivity index (χ2v) is 7.78. The van der Waals surface area contributed by atoms with Crippen molar-refractivity contribution < 1.29 is 13.2 Å². The normalized spacial score (nSPS) is 16.4. The van der Waals surface area contributed by atoms with Crippen LogP contribution in [0.5, 0.6) is 0 Å². The molecule has 0 bridgehead atoms. The first-order valence-corrected chi connectivity index (χ1v) is 8.21. The highest BCUT2D eigenvalue weighted by atomic mass is 79.9. The van der Waals surface area contributed by atoms with Crippen LogP contribution < -0.4 is 0 Å². The van der Waals surface area contributed by atoms with Gasteiger partial charge in [-0.25, -0.2) is 8.42 Å². The van der Waals surface area contributed by atoms with Crippen molar-refractivity contribution in [1.29, 1.82) is 0 Å². The first-order valence-electron chi connectivity index (χ1n) is 5.70. The number of carbonyl (C=O) groups excluding carboxylic acids is 1. The second-order valence-electron chi connectivity index (χ2n) is 4.29. The molecule has 0 N–H and O–H groups in total. The summed E-state index contributed by atoms with van der Waals surface area (Å²) in [4.78, 5) is 13.6. The number of amides is 1. The number of likely N-dealkylation sites (tertiary alicyclic amines) is 1. The number of halogens is 1. The van der Waals surface area contributed by atoms with E-state index in [2.05, 4.69) is 15.9 Å². The van der Waals surface area contributed by atoms with Crippen LogP contribution in [0.2, 0.25) is 0 Å². The van der Waals surface area contributed by atoms with Gasteiger partial charge in [-0.3, -0.25) is 4.79 Å². The summed E-state index contributed by atoms with van der Waals surface area (Å²) >= 11 is 3.30. The third kappa shape index (κ3) is 2.59. The minimum Gasteiger partial charge on any atom is -0.336 e. The molecule has 4 nitrogen and oxygen atoms in total. The van der Waals surface area contributed by atoms with E-state index in [-0.39, 0.29) is 16.9 Å². The summed E-state index contributed by atoms with van der Waals surface area (Å²) in [5.41, 5.74) is 0.588. The molecule has 1 aliphatic heterocycles. The van der Waals surface area contributed by atoms with Gasteiger partial charge in [-0.1, -0.05) is 22.9 Å². The summed E-state index contributed by atoms with van der Waals surface area (Å²) < 4.78 is 24.1. The van der Waals surface area contributed by atoms with E-state index in [0.717, 1.165) is 4.47 Å². The molecule has 2 rings (SSSR count). The van der Waals surface area contributed by atoms with Gasteiger partial charge >= 0.3 is 0 Å². The first-order chi connectivity index (χ1) is 8.44. The van der Waals surface area contributed by atoms with Gasteiger partial charge in [-0.2, -0.15) is 0 Å². The lowest BCUT2D eigenvalue weighted by molar-refractivity contribution is 0.0659. The van der Waals surface area contributed by atoms with Crippen LogP contribution in [0.25, 0.3) is 0 Å². The Morgan fingerprint density at radius 3 is 2.39 bits per heavy atom. The van der Waals surface area contributed by atoms with E-state index < -0.39 is 9.84 Å². The van der Waals surface area contributed by atoms with Crippen LogP contribution in [-0.2, 0) is 9.84 Å². The number of carbonyl (C=O) groups is 1. The van der Waals surface area contributed by atoms with Gasteiger partial charge in [-0.15, -0.1) is 0 Å². The van der Waals surface area contributed by atoms with E-state index in [1.807, 2.05) is 0 Å². The van der Waals surface area contributed by atoms with Crippen molar-refractivity contribution in [3.63, 3.8) is 0 Å². The fourth-order valence-corrected chi connectivity index (χ4v) is 3.39. The Morgan fingerprint density at radius 1 is 1.33 bits per heavy atom. The SMILES string of the molecule is CCS(=O)(=O)C1CN(C(=O)c2ccc(Br)cc2)C1. The Labute approximate surface area is 115 Å². The maximum Gasteiger partial charge on any atom is 0.253 e. The van der Waals surface area contributed by atoms with Crippen molar-refractivity contribution in [2.75, 3.05) is 18.8 Å². The average molecular weight is 332 g/mol. The van der Waals surface area contributed by atoms with Gasteiger partial charge in [0.1, 0.15) is 0 Å². The first kappa shape index (κ1) is 13.5. The summed E-state index contributed by atoms with van der Waals surface area (Å²) in [6.45, 7) is 2.25. The average Bonchev–Trinajstić information content (AvgIpc) is 2.27. The predicted octanol–water partition coefficient (Wildman–Crippen LogP) is 1.71. The van der Waals surface area contributed by atoms with Crippen LogP contribution in [0, 0.1) is 0 Å². The van der Waals surface area contributed by atoms with Crippen molar-refractivity contribution in [2.24, 2.45) is 0 Å². The van der Waals surface area contributed by atoms with Crippen molar-refractivity contribution in [3.8, 4) is 0 Å². The number of rotatable bonds is 3. The molecule has 0 aromatic heterocycles. The molecule has 0 unspecified atom stereocenters. The van der Waals surface area contributed by atoms with E-state index in [4.69, 9.17) is 0 Å². The van der Waals surface area contributed by atoms with Gasteiger partial charge in [-0.05, 0) is 24.3 Å². The van der Waals surface area contributed by atoms with Crippen molar-refractivity contribution in [3.05, 3.63) is 34.3 Å². The number of sulfone groups is 1. The van der Waals surface area contributed by atoms with Gasteiger partial charge in [0, 0.05) is 28.9 Å². The summed E-state index contributed by atoms with van der Waals surface area (Å²) in [6, 6.07) is 7.06. The number of hydrogen-bond donors (Lipinski definition) is 0. The molecule has 98 valence electrons. The fourth-order valence-electron chi connectivity index (χ4n) is 1.84. The summed E-state index contributed by atoms with van der Waals surface area (Å²) in [5, 5.41) is -0.387. The highest BCUT2D eigenvalue weighted by Gasteiger charge is 2.38. The molecule has 0 radical (unpaired) electrons. The van der Waals surface area contributed by atoms with Crippen LogP contribution in [0.3, 0.4) is 0 Å². The molecule has 0 aliphatic carbocycles. The Bertz CT molecular complexity index is 547. The van der Waals surface area contributed by atoms with Crippen LogP contribution in [0.1, 0.15) is 17.3 Å². The number of nitrogens with zero attached hydrogens (tertiary/aromatic N) is 1. The highest BCUT2D eigenvalue weighted by molar-refractivity contribution is 9.10. The lowest BCUT2D eigenvalue weighted by Crippen LogP contribution is -2.57. The Hall–Kier alpha value is -0.880. The molecule has 0 atom stereocenters. The smallest absolute Gasteiger partial charge is 0.253 e. The third-order valence-corrected chi connectivity index (χ3v) is 5.78. The quantitative estimate of drug-likeness (QED) is 0.847. The molecule has 1 amide bonds. The maximum absolute atomic E-state index is 12.0.